The Morgan fingerprint density at radius 3 is 2.65 bits per heavy atom. The molecule has 1 amide bonds. The highest BCUT2D eigenvalue weighted by Crippen LogP contribution is 2.21. The molecule has 6 heteroatoms. The smallest absolute Gasteiger partial charge is 0.276 e. The Kier molecular flexibility index (Phi) is 4.85. The van der Waals surface area contributed by atoms with Crippen LogP contribution in [0.5, 0.6) is 0 Å². The molecule has 0 saturated carbocycles. The van der Waals surface area contributed by atoms with Crippen molar-refractivity contribution in [3.05, 3.63) is 75.3 Å². The molecule has 1 N–H and O–H groups in total. The average molecular weight is 307 g/mol. The van der Waals surface area contributed by atoms with E-state index in [1.807, 2.05) is 13.0 Å². The predicted molar refractivity (Wildman–Crippen MR) is 86.5 cm³/mol. The maximum Gasteiger partial charge on any atom is 0.276 e. The highest BCUT2D eigenvalue weighted by molar-refractivity contribution is 6.09. The third-order valence-electron chi connectivity index (χ3n) is 3.07. The van der Waals surface area contributed by atoms with E-state index in [-0.39, 0.29) is 16.8 Å². The molecule has 2 aromatic carbocycles. The van der Waals surface area contributed by atoms with E-state index in [2.05, 4.69) is 5.32 Å². The Bertz CT molecular complexity index is 835. The summed E-state index contributed by atoms with van der Waals surface area (Å²) in [6.07, 6.45) is 1.21. The Morgan fingerprint density at radius 1 is 1.26 bits per heavy atom. The van der Waals surface area contributed by atoms with Crippen molar-refractivity contribution < 1.29 is 9.72 Å². The molecule has 0 aliphatic heterocycles. The number of anilines is 1. The van der Waals surface area contributed by atoms with Crippen molar-refractivity contribution in [1.29, 1.82) is 5.26 Å². The topological polar surface area (TPSA) is 96.0 Å². The molecule has 0 aliphatic carbocycles. The van der Waals surface area contributed by atoms with Gasteiger partial charge in [-0.05, 0) is 36.8 Å². The second-order valence-electron chi connectivity index (χ2n) is 4.81. The van der Waals surface area contributed by atoms with Gasteiger partial charge in [-0.3, -0.25) is 14.9 Å². The second kappa shape index (κ2) is 7.00. The fourth-order valence-corrected chi connectivity index (χ4v) is 2.00. The van der Waals surface area contributed by atoms with E-state index in [4.69, 9.17) is 0 Å². The maximum atomic E-state index is 12.2. The van der Waals surface area contributed by atoms with Gasteiger partial charge in [-0.15, -0.1) is 0 Å². The Balaban J connectivity index is 2.31. The number of carbonyl (C=O) groups excluding carboxylic acids is 1. The lowest BCUT2D eigenvalue weighted by atomic mass is 10.1. The standard InChI is InChI=1S/C17H13N3O3/c1-12-5-4-7-15(9-12)19-17(21)14(11-18)10-13-6-2-3-8-16(13)20(22)23/h2-10H,1H3,(H,19,21)/b14-10-. The predicted octanol–water partition coefficient (Wildman–Crippen LogP) is 3.45. The van der Waals surface area contributed by atoms with Crippen LogP contribution in [0.1, 0.15) is 11.1 Å². The zero-order chi connectivity index (χ0) is 16.8. The SMILES string of the molecule is Cc1cccc(NC(=O)/C(C#N)=C\c2ccccc2[N+](=O)[O-])c1. The molecule has 0 bridgehead atoms. The number of amides is 1. The summed E-state index contributed by atoms with van der Waals surface area (Å²) in [6, 6.07) is 14.8. The van der Waals surface area contributed by atoms with Crippen LogP contribution < -0.4 is 5.32 Å². The normalized spacial score (nSPS) is 10.7. The molecule has 0 aromatic heterocycles. The minimum absolute atomic E-state index is 0.163. The van der Waals surface area contributed by atoms with Crippen LogP contribution in [0.4, 0.5) is 11.4 Å². The van der Waals surface area contributed by atoms with Crippen LogP contribution >= 0.6 is 0 Å². The quantitative estimate of drug-likeness (QED) is 0.405. The molecule has 0 heterocycles. The van der Waals surface area contributed by atoms with Crippen LogP contribution in [0.15, 0.2) is 54.1 Å². The molecule has 0 spiro atoms. The lowest BCUT2D eigenvalue weighted by Crippen LogP contribution is -2.13. The fourth-order valence-electron chi connectivity index (χ4n) is 2.00. The van der Waals surface area contributed by atoms with E-state index in [0.29, 0.717) is 5.69 Å². The molecule has 2 aromatic rings. The van der Waals surface area contributed by atoms with Crippen molar-refractivity contribution in [3.8, 4) is 6.07 Å². The molecule has 0 unspecified atom stereocenters. The third kappa shape index (κ3) is 4.02. The van der Waals surface area contributed by atoms with Crippen molar-refractivity contribution >= 4 is 23.4 Å². The number of hydrogen-bond acceptors (Lipinski definition) is 4. The zero-order valence-corrected chi connectivity index (χ0v) is 12.3. The summed E-state index contributed by atoms with van der Waals surface area (Å²) in [5.41, 5.74) is 1.35. The van der Waals surface area contributed by atoms with Gasteiger partial charge in [-0.1, -0.05) is 24.3 Å². The minimum atomic E-state index is -0.615. The summed E-state index contributed by atoms with van der Waals surface area (Å²) < 4.78 is 0. The number of benzene rings is 2. The number of nitrogens with one attached hydrogen (secondary N) is 1. The fraction of sp³-hybridized carbons (Fsp3) is 0.0588. The Morgan fingerprint density at radius 2 is 2.00 bits per heavy atom. The minimum Gasteiger partial charge on any atom is -0.321 e. The first-order valence-corrected chi connectivity index (χ1v) is 6.74. The summed E-state index contributed by atoms with van der Waals surface area (Å²) in [4.78, 5) is 22.6. The number of hydrogen-bond donors (Lipinski definition) is 1. The molecule has 0 atom stereocenters. The van der Waals surface area contributed by atoms with E-state index in [0.717, 1.165) is 5.56 Å². The van der Waals surface area contributed by atoms with Crippen LogP contribution in [0, 0.1) is 28.4 Å². The first-order chi connectivity index (χ1) is 11.0. The number of nitro groups is 1. The van der Waals surface area contributed by atoms with Crippen molar-refractivity contribution in [2.75, 3.05) is 5.32 Å². The van der Waals surface area contributed by atoms with E-state index < -0.39 is 10.8 Å². The van der Waals surface area contributed by atoms with Gasteiger partial charge in [0.2, 0.25) is 0 Å². The molecular weight excluding hydrogens is 294 g/mol. The molecule has 2 rings (SSSR count). The van der Waals surface area contributed by atoms with Crippen molar-refractivity contribution in [2.45, 2.75) is 6.92 Å². The van der Waals surface area contributed by atoms with E-state index >= 15 is 0 Å². The lowest BCUT2D eigenvalue weighted by molar-refractivity contribution is -0.385. The van der Waals surface area contributed by atoms with Gasteiger partial charge in [0.05, 0.1) is 10.5 Å². The average Bonchev–Trinajstić information content (AvgIpc) is 2.52. The molecule has 0 radical (unpaired) electrons. The van der Waals surface area contributed by atoms with Gasteiger partial charge in [-0.2, -0.15) is 5.26 Å². The summed E-state index contributed by atoms with van der Waals surface area (Å²) in [7, 11) is 0. The van der Waals surface area contributed by atoms with E-state index in [1.165, 1.54) is 24.3 Å². The zero-order valence-electron chi connectivity index (χ0n) is 12.3. The van der Waals surface area contributed by atoms with Crippen LogP contribution in [0.2, 0.25) is 0 Å². The molecule has 6 nitrogen and oxygen atoms in total. The molecule has 0 aliphatic rings. The molecule has 23 heavy (non-hydrogen) atoms. The van der Waals surface area contributed by atoms with E-state index in [1.54, 1.807) is 30.3 Å². The number of rotatable bonds is 4. The van der Waals surface area contributed by atoms with Crippen LogP contribution in [-0.4, -0.2) is 10.8 Å². The van der Waals surface area contributed by atoms with Gasteiger partial charge < -0.3 is 5.32 Å². The molecule has 114 valence electrons. The Hall–Kier alpha value is -3.46. The van der Waals surface area contributed by atoms with Crippen molar-refractivity contribution in [2.24, 2.45) is 0 Å². The first kappa shape index (κ1) is 15.9. The summed E-state index contributed by atoms with van der Waals surface area (Å²) in [5.74, 6) is -0.615. The number of aryl methyl sites for hydroxylation is 1. The molecule has 0 saturated heterocycles. The summed E-state index contributed by atoms with van der Waals surface area (Å²) in [6.45, 7) is 1.88. The number of carbonyl (C=O) groups is 1. The van der Waals surface area contributed by atoms with Gasteiger partial charge >= 0.3 is 0 Å². The number of nitriles is 1. The van der Waals surface area contributed by atoms with E-state index in [9.17, 15) is 20.2 Å². The second-order valence-corrected chi connectivity index (χ2v) is 4.81. The largest absolute Gasteiger partial charge is 0.321 e. The maximum absolute atomic E-state index is 12.2. The van der Waals surface area contributed by atoms with Gasteiger partial charge in [0.25, 0.3) is 11.6 Å². The van der Waals surface area contributed by atoms with Crippen molar-refractivity contribution in [1.82, 2.24) is 0 Å². The van der Waals surface area contributed by atoms with Gasteiger partial charge in [0.1, 0.15) is 11.6 Å². The highest BCUT2D eigenvalue weighted by atomic mass is 16.6. The van der Waals surface area contributed by atoms with Gasteiger partial charge in [-0.25, -0.2) is 0 Å². The third-order valence-corrected chi connectivity index (χ3v) is 3.07. The molecular formula is C17H13N3O3. The lowest BCUT2D eigenvalue weighted by Gasteiger charge is -2.05. The van der Waals surface area contributed by atoms with Crippen molar-refractivity contribution in [3.63, 3.8) is 0 Å². The number of nitrogens with zero attached hydrogens (tertiary/aromatic N) is 2. The van der Waals surface area contributed by atoms with Crippen LogP contribution in [0.25, 0.3) is 6.08 Å². The van der Waals surface area contributed by atoms with Crippen LogP contribution in [0.3, 0.4) is 0 Å². The number of nitro benzene ring substituents is 1. The monoisotopic (exact) mass is 307 g/mol. The molecule has 0 fully saturated rings. The van der Waals surface area contributed by atoms with Crippen LogP contribution in [-0.2, 0) is 4.79 Å². The number of para-hydroxylation sites is 1. The summed E-state index contributed by atoms with van der Waals surface area (Å²) >= 11 is 0. The highest BCUT2D eigenvalue weighted by Gasteiger charge is 2.15. The summed E-state index contributed by atoms with van der Waals surface area (Å²) in [5, 5.41) is 22.8. The van der Waals surface area contributed by atoms with Gasteiger partial charge in [0, 0.05) is 11.8 Å². The first-order valence-electron chi connectivity index (χ1n) is 6.74. The van der Waals surface area contributed by atoms with Gasteiger partial charge in [0.15, 0.2) is 0 Å². The Labute approximate surface area is 132 Å².